The van der Waals surface area contributed by atoms with Gasteiger partial charge in [0.25, 0.3) is 0 Å². The van der Waals surface area contributed by atoms with Crippen molar-refractivity contribution >= 4 is 11.9 Å². The van der Waals surface area contributed by atoms with Gasteiger partial charge in [0.15, 0.2) is 0 Å². The van der Waals surface area contributed by atoms with Crippen LogP contribution in [0.1, 0.15) is 110 Å². The van der Waals surface area contributed by atoms with Crippen LogP contribution in [0.4, 0.5) is 0 Å². The molecule has 0 heterocycles. The number of carboxylic acids is 2. The average Bonchev–Trinajstić information content (AvgIpc) is 2.64. The van der Waals surface area contributed by atoms with Gasteiger partial charge in [-0.1, -0.05) is 103 Å². The molecule has 0 unspecified atom stereocenters. The van der Waals surface area contributed by atoms with E-state index in [-0.39, 0.29) is 59.1 Å². The van der Waals surface area contributed by atoms with Crippen LogP contribution in [0.15, 0.2) is 12.2 Å². The molecule has 0 aliphatic heterocycles. The molecule has 7 heteroatoms. The summed E-state index contributed by atoms with van der Waals surface area (Å²) in [6.45, 7) is 2.66. The predicted octanol–water partition coefficient (Wildman–Crippen LogP) is -2.71. The largest absolute Gasteiger partial charge is 1.00 e. The number of unbranched alkanes of at least 4 members (excludes halogenated alkanes) is 15. The van der Waals surface area contributed by atoms with Crippen LogP contribution in [-0.4, -0.2) is 23.7 Å². The van der Waals surface area contributed by atoms with Crippen LogP contribution in [0.5, 0.6) is 0 Å². The number of carboxylic acid groups (broad SMARTS) is 2. The number of aliphatic hydroxyl groups excluding tert-OH is 1. The zero-order chi connectivity index (χ0) is 20.6. The fraction of sp³-hybridized carbons (Fsp3) is 0.818. The summed E-state index contributed by atoms with van der Waals surface area (Å²) >= 11 is 0. The molecule has 0 aliphatic rings. The molecule has 1 N–H and O–H groups in total. The van der Waals surface area contributed by atoms with Crippen LogP contribution in [0.25, 0.3) is 0 Å². The maximum atomic E-state index is 9.41. The summed E-state index contributed by atoms with van der Waals surface area (Å²) in [5.41, 5.74) is 0. The minimum Gasteiger partial charge on any atom is -0.545 e. The normalized spacial score (nSPS) is 9.86. The van der Waals surface area contributed by atoms with E-state index in [0.29, 0.717) is 18.8 Å². The van der Waals surface area contributed by atoms with Gasteiger partial charge in [0.2, 0.25) is 0 Å². The Morgan fingerprint density at radius 3 is 1.03 bits per heavy atom. The third-order valence-electron chi connectivity index (χ3n) is 4.37. The summed E-state index contributed by atoms with van der Waals surface area (Å²) in [6, 6.07) is 0. The smallest absolute Gasteiger partial charge is 0.545 e. The van der Waals surface area contributed by atoms with Crippen molar-refractivity contribution in [2.75, 3.05) is 6.61 Å². The van der Waals surface area contributed by atoms with Gasteiger partial charge in [0.05, 0.1) is 11.9 Å². The molecule has 0 aromatic heterocycles. The second kappa shape index (κ2) is 33.3. The molecule has 0 saturated heterocycles. The van der Waals surface area contributed by atoms with Gasteiger partial charge >= 0.3 is 59.1 Å². The Morgan fingerprint density at radius 2 is 0.828 bits per heavy atom. The Bertz CT molecular complexity index is 331. The van der Waals surface area contributed by atoms with E-state index < -0.39 is 11.9 Å². The molecular formula is C22H40Na2O5. The summed E-state index contributed by atoms with van der Waals surface area (Å²) in [4.78, 5) is 18.8. The molecule has 0 atom stereocenters. The van der Waals surface area contributed by atoms with Crippen LogP contribution in [0, 0.1) is 0 Å². The number of hydrogen-bond acceptors (Lipinski definition) is 5. The van der Waals surface area contributed by atoms with Crippen molar-refractivity contribution in [1.82, 2.24) is 0 Å². The van der Waals surface area contributed by atoms with E-state index in [9.17, 15) is 19.8 Å². The maximum Gasteiger partial charge on any atom is 1.00 e. The monoisotopic (exact) mass is 430 g/mol. The number of aliphatic hydroxyl groups is 1. The summed E-state index contributed by atoms with van der Waals surface area (Å²) < 4.78 is 0. The third kappa shape index (κ3) is 43.4. The van der Waals surface area contributed by atoms with Gasteiger partial charge in [-0.05, 0) is 18.6 Å². The molecule has 0 spiro atoms. The van der Waals surface area contributed by atoms with Gasteiger partial charge in [-0.2, -0.15) is 0 Å². The van der Waals surface area contributed by atoms with Crippen molar-refractivity contribution < 1.29 is 84.0 Å². The van der Waals surface area contributed by atoms with Crippen LogP contribution >= 0.6 is 0 Å². The Kier molecular flexibility index (Phi) is 42.4. The Morgan fingerprint density at radius 1 is 0.586 bits per heavy atom. The Hall–Kier alpha value is 0.640. The molecule has 5 nitrogen and oxygen atoms in total. The first-order valence-electron chi connectivity index (χ1n) is 10.8. The molecule has 0 radical (unpaired) electrons. The fourth-order valence-electron chi connectivity index (χ4n) is 2.80. The molecule has 0 saturated carbocycles. The molecule has 0 aromatic rings. The van der Waals surface area contributed by atoms with E-state index in [4.69, 9.17) is 5.11 Å². The molecule has 160 valence electrons. The summed E-state index contributed by atoms with van der Waals surface area (Å²) in [6.07, 6.45) is 22.9. The first-order chi connectivity index (χ1) is 13.0. The molecular weight excluding hydrogens is 390 g/mol. The van der Waals surface area contributed by atoms with E-state index in [0.717, 1.165) is 6.42 Å². The van der Waals surface area contributed by atoms with Crippen LogP contribution in [-0.2, 0) is 9.59 Å². The second-order valence-electron chi connectivity index (χ2n) is 7.00. The van der Waals surface area contributed by atoms with E-state index in [2.05, 4.69) is 6.92 Å². The fourth-order valence-corrected chi connectivity index (χ4v) is 2.80. The number of hydrogen-bond donors (Lipinski definition) is 1. The third-order valence-corrected chi connectivity index (χ3v) is 4.37. The number of aliphatic carboxylic acids is 2. The van der Waals surface area contributed by atoms with Crippen molar-refractivity contribution in [2.24, 2.45) is 0 Å². The van der Waals surface area contributed by atoms with Crippen LogP contribution in [0.3, 0.4) is 0 Å². The van der Waals surface area contributed by atoms with Gasteiger partial charge in [-0.25, -0.2) is 0 Å². The topological polar surface area (TPSA) is 100 Å². The molecule has 0 aliphatic carbocycles. The zero-order valence-electron chi connectivity index (χ0n) is 19.3. The minimum absolute atomic E-state index is 0. The summed E-state index contributed by atoms with van der Waals surface area (Å²) in [5, 5.41) is 27.5. The SMILES string of the molecule is CCCCCCCCCCCCCCCCCCO.O=C([O-])/C=C/C(=O)[O-].[Na+].[Na+]. The van der Waals surface area contributed by atoms with E-state index in [1.165, 1.54) is 96.3 Å². The van der Waals surface area contributed by atoms with Crippen LogP contribution in [0.2, 0.25) is 0 Å². The van der Waals surface area contributed by atoms with Gasteiger partial charge in [-0.3, -0.25) is 0 Å². The van der Waals surface area contributed by atoms with Gasteiger partial charge < -0.3 is 24.9 Å². The summed E-state index contributed by atoms with van der Waals surface area (Å²) in [5.74, 6) is -3.09. The molecule has 0 rings (SSSR count). The molecule has 0 aromatic carbocycles. The average molecular weight is 431 g/mol. The standard InChI is InChI=1S/C18H38O.C4H4O4.2Na/c1-2-3-4-5-6-7-8-9-10-11-12-13-14-15-16-17-18-19;5-3(6)1-2-4(7)8;;/h19H,2-18H2,1H3;1-2H,(H,5,6)(H,7,8);;/q;;2*+1/p-2/b;2-1+;;. The van der Waals surface area contributed by atoms with Gasteiger partial charge in [0.1, 0.15) is 0 Å². The van der Waals surface area contributed by atoms with Crippen molar-refractivity contribution in [3.63, 3.8) is 0 Å². The quantitative estimate of drug-likeness (QED) is 0.145. The second-order valence-corrected chi connectivity index (χ2v) is 7.00. The summed E-state index contributed by atoms with van der Waals surface area (Å²) in [7, 11) is 0. The van der Waals surface area contributed by atoms with Crippen molar-refractivity contribution in [1.29, 1.82) is 0 Å². The van der Waals surface area contributed by atoms with Crippen molar-refractivity contribution in [2.45, 2.75) is 110 Å². The van der Waals surface area contributed by atoms with Gasteiger partial charge in [-0.15, -0.1) is 0 Å². The predicted molar refractivity (Wildman–Crippen MR) is 106 cm³/mol. The Labute approximate surface area is 222 Å². The van der Waals surface area contributed by atoms with E-state index in [1.54, 1.807) is 0 Å². The molecule has 0 amide bonds. The number of carbonyl (C=O) groups excluding carboxylic acids is 2. The minimum atomic E-state index is -1.55. The first-order valence-corrected chi connectivity index (χ1v) is 10.8. The first kappa shape index (κ1) is 37.0. The maximum absolute atomic E-state index is 9.41. The van der Waals surface area contributed by atoms with E-state index in [1.807, 2.05) is 0 Å². The van der Waals surface area contributed by atoms with Crippen LogP contribution < -0.4 is 69.3 Å². The molecule has 0 fully saturated rings. The number of carbonyl (C=O) groups is 2. The Balaban J connectivity index is -0.000000267. The molecule has 0 bridgehead atoms. The zero-order valence-corrected chi connectivity index (χ0v) is 23.3. The van der Waals surface area contributed by atoms with Crippen molar-refractivity contribution in [3.05, 3.63) is 12.2 Å². The molecule has 29 heavy (non-hydrogen) atoms. The van der Waals surface area contributed by atoms with Crippen molar-refractivity contribution in [3.8, 4) is 0 Å². The number of rotatable bonds is 18. The van der Waals surface area contributed by atoms with E-state index >= 15 is 0 Å². The van der Waals surface area contributed by atoms with Gasteiger partial charge in [0, 0.05) is 6.61 Å².